The van der Waals surface area contributed by atoms with E-state index in [2.05, 4.69) is 21.2 Å². The van der Waals surface area contributed by atoms with E-state index in [4.69, 9.17) is 11.6 Å². The summed E-state index contributed by atoms with van der Waals surface area (Å²) in [5, 5.41) is 3.44. The van der Waals surface area contributed by atoms with E-state index in [1.165, 1.54) is 29.2 Å². The summed E-state index contributed by atoms with van der Waals surface area (Å²) in [7, 11) is -4.20. The Kier molecular flexibility index (Phi) is 11.8. The number of carbonyl (C=O) groups excluding carboxylic acids is 2. The third-order valence-electron chi connectivity index (χ3n) is 7.52. The number of nitrogens with one attached hydrogen (secondary N) is 1. The van der Waals surface area contributed by atoms with Gasteiger partial charge in [-0.05, 0) is 79.9 Å². The average Bonchev–Trinajstić information content (AvgIpc) is 3.02. The van der Waals surface area contributed by atoms with Crippen LogP contribution in [0.15, 0.2) is 112 Å². The molecule has 10 heteroatoms. The molecular weight excluding hydrogens is 674 g/mol. The summed E-state index contributed by atoms with van der Waals surface area (Å²) in [6.45, 7) is 5.35. The first-order chi connectivity index (χ1) is 21.5. The molecule has 2 atom stereocenters. The zero-order valence-electron chi connectivity index (χ0n) is 25.5. The lowest BCUT2D eigenvalue weighted by molar-refractivity contribution is -0.140. The highest BCUT2D eigenvalue weighted by atomic mass is 79.9. The van der Waals surface area contributed by atoms with Gasteiger partial charge in [0.1, 0.15) is 12.6 Å². The molecule has 4 aromatic carbocycles. The van der Waals surface area contributed by atoms with Crippen LogP contribution in [0.25, 0.3) is 0 Å². The molecule has 0 bridgehead atoms. The Hall–Kier alpha value is -3.66. The molecule has 0 aliphatic rings. The summed E-state index contributed by atoms with van der Waals surface area (Å²) in [5.41, 5.74) is 2.93. The van der Waals surface area contributed by atoms with E-state index >= 15 is 0 Å². The minimum Gasteiger partial charge on any atom is -0.352 e. The van der Waals surface area contributed by atoms with Crippen molar-refractivity contribution in [2.24, 2.45) is 0 Å². The number of anilines is 1. The molecule has 236 valence electrons. The maximum Gasteiger partial charge on any atom is 0.264 e. The fourth-order valence-electron chi connectivity index (χ4n) is 4.80. The summed E-state index contributed by atoms with van der Waals surface area (Å²) in [6.07, 6.45) is 0.960. The Morgan fingerprint density at radius 1 is 0.889 bits per heavy atom. The number of carbonyl (C=O) groups is 2. The Morgan fingerprint density at radius 2 is 1.53 bits per heavy atom. The molecule has 7 nitrogen and oxygen atoms in total. The van der Waals surface area contributed by atoms with E-state index in [0.717, 1.165) is 25.5 Å². The number of benzene rings is 4. The summed E-state index contributed by atoms with van der Waals surface area (Å²) in [5.74, 6) is -0.827. The van der Waals surface area contributed by atoms with Gasteiger partial charge >= 0.3 is 0 Å². The number of aryl methyl sites for hydroxylation is 1. The van der Waals surface area contributed by atoms with Crippen LogP contribution >= 0.6 is 27.5 Å². The van der Waals surface area contributed by atoms with Crippen molar-refractivity contribution in [1.82, 2.24) is 10.2 Å². The molecule has 0 unspecified atom stereocenters. The molecule has 0 aromatic heterocycles. The number of sulfonamides is 1. The minimum absolute atomic E-state index is 0.00540. The van der Waals surface area contributed by atoms with E-state index in [0.29, 0.717) is 17.1 Å². The van der Waals surface area contributed by atoms with Gasteiger partial charge in [-0.25, -0.2) is 8.42 Å². The van der Waals surface area contributed by atoms with Gasteiger partial charge in [-0.2, -0.15) is 0 Å². The number of halogens is 2. The molecule has 4 aromatic rings. The Labute approximate surface area is 279 Å². The van der Waals surface area contributed by atoms with Gasteiger partial charge in [-0.1, -0.05) is 94.6 Å². The van der Waals surface area contributed by atoms with Gasteiger partial charge in [0, 0.05) is 28.5 Å². The lowest BCUT2D eigenvalue weighted by atomic mass is 10.0. The second kappa shape index (κ2) is 15.6. The molecule has 0 saturated carbocycles. The van der Waals surface area contributed by atoms with Gasteiger partial charge in [0.05, 0.1) is 10.6 Å². The largest absolute Gasteiger partial charge is 0.352 e. The van der Waals surface area contributed by atoms with Crippen LogP contribution in [0.1, 0.15) is 37.0 Å². The van der Waals surface area contributed by atoms with E-state index in [1.54, 1.807) is 24.3 Å². The summed E-state index contributed by atoms with van der Waals surface area (Å²) >= 11 is 9.56. The number of rotatable bonds is 13. The van der Waals surface area contributed by atoms with Gasteiger partial charge in [0.25, 0.3) is 10.0 Å². The highest BCUT2D eigenvalue weighted by Crippen LogP contribution is 2.26. The third kappa shape index (κ3) is 9.19. The maximum absolute atomic E-state index is 14.5. The van der Waals surface area contributed by atoms with Crippen LogP contribution in [0, 0.1) is 6.92 Å². The van der Waals surface area contributed by atoms with Gasteiger partial charge in [-0.3, -0.25) is 13.9 Å². The van der Waals surface area contributed by atoms with Crippen molar-refractivity contribution in [3.8, 4) is 0 Å². The van der Waals surface area contributed by atoms with Gasteiger partial charge < -0.3 is 10.2 Å². The van der Waals surface area contributed by atoms with Crippen molar-refractivity contribution in [3.05, 3.63) is 129 Å². The van der Waals surface area contributed by atoms with Crippen LogP contribution in [-0.4, -0.2) is 43.8 Å². The number of amides is 2. The molecule has 0 aliphatic heterocycles. The molecule has 2 amide bonds. The predicted octanol–water partition coefficient (Wildman–Crippen LogP) is 7.16. The van der Waals surface area contributed by atoms with Gasteiger partial charge in [0.2, 0.25) is 11.8 Å². The van der Waals surface area contributed by atoms with Crippen molar-refractivity contribution in [2.75, 3.05) is 10.8 Å². The quantitative estimate of drug-likeness (QED) is 0.160. The van der Waals surface area contributed by atoms with Crippen molar-refractivity contribution in [2.45, 2.75) is 57.1 Å². The Balaban J connectivity index is 1.80. The second-order valence-electron chi connectivity index (χ2n) is 11.0. The fraction of sp³-hybridized carbons (Fsp3) is 0.257. The number of nitrogens with zero attached hydrogens (tertiary/aromatic N) is 2. The zero-order chi connectivity index (χ0) is 32.6. The van der Waals surface area contributed by atoms with Crippen LogP contribution in [-0.2, 0) is 32.6 Å². The normalized spacial score (nSPS) is 12.6. The van der Waals surface area contributed by atoms with E-state index < -0.39 is 28.5 Å². The highest BCUT2D eigenvalue weighted by Gasteiger charge is 2.35. The maximum atomic E-state index is 14.5. The molecule has 4 rings (SSSR count). The molecule has 1 N–H and O–H groups in total. The topological polar surface area (TPSA) is 86.8 Å². The Morgan fingerprint density at radius 3 is 2.16 bits per heavy atom. The van der Waals surface area contributed by atoms with Crippen LogP contribution < -0.4 is 9.62 Å². The van der Waals surface area contributed by atoms with E-state index in [9.17, 15) is 18.0 Å². The average molecular weight is 711 g/mol. The number of hydrogen-bond donors (Lipinski definition) is 1. The first-order valence-electron chi connectivity index (χ1n) is 14.7. The standard InChI is InChI=1S/C35H37BrClN3O4S/c1-4-26(3)38-35(42)33(22-27-9-6-5-7-10-27)39(23-28-11-8-12-29(36)21-28)34(41)24-40(31-17-13-25(2)14-18-31)45(43,44)32-19-15-30(37)16-20-32/h5-21,26,33H,4,22-24H2,1-3H3,(H,38,42)/t26-,33+/m0/s1. The lowest BCUT2D eigenvalue weighted by Crippen LogP contribution is -2.54. The molecule has 0 heterocycles. The van der Waals surface area contributed by atoms with Crippen LogP contribution in [0.5, 0.6) is 0 Å². The zero-order valence-corrected chi connectivity index (χ0v) is 28.6. The molecule has 0 aliphatic carbocycles. The van der Waals surface area contributed by atoms with Crippen molar-refractivity contribution >= 4 is 55.1 Å². The summed E-state index contributed by atoms with van der Waals surface area (Å²) < 4.78 is 30.1. The molecular formula is C35H37BrClN3O4S. The summed E-state index contributed by atoms with van der Waals surface area (Å²) in [4.78, 5) is 29.9. The van der Waals surface area contributed by atoms with Crippen molar-refractivity contribution < 1.29 is 18.0 Å². The Bertz CT molecular complexity index is 1700. The van der Waals surface area contributed by atoms with Crippen LogP contribution in [0.4, 0.5) is 5.69 Å². The molecule has 0 saturated heterocycles. The SMILES string of the molecule is CC[C@H](C)NC(=O)[C@@H](Cc1ccccc1)N(Cc1cccc(Br)c1)C(=O)CN(c1ccc(C)cc1)S(=O)(=O)c1ccc(Cl)cc1. The van der Waals surface area contributed by atoms with Crippen LogP contribution in [0.2, 0.25) is 5.02 Å². The second-order valence-corrected chi connectivity index (χ2v) is 14.2. The smallest absolute Gasteiger partial charge is 0.264 e. The van der Waals surface area contributed by atoms with E-state index in [1.807, 2.05) is 75.4 Å². The molecule has 0 spiro atoms. The highest BCUT2D eigenvalue weighted by molar-refractivity contribution is 9.10. The monoisotopic (exact) mass is 709 g/mol. The predicted molar refractivity (Wildman–Crippen MR) is 184 cm³/mol. The van der Waals surface area contributed by atoms with Gasteiger partial charge in [0.15, 0.2) is 0 Å². The van der Waals surface area contributed by atoms with E-state index in [-0.39, 0.29) is 29.8 Å². The molecule has 0 fully saturated rings. The summed E-state index contributed by atoms with van der Waals surface area (Å²) in [6, 6.07) is 28.7. The van der Waals surface area contributed by atoms with Crippen molar-refractivity contribution in [3.63, 3.8) is 0 Å². The van der Waals surface area contributed by atoms with Crippen molar-refractivity contribution in [1.29, 1.82) is 0 Å². The van der Waals surface area contributed by atoms with Crippen LogP contribution in [0.3, 0.4) is 0 Å². The third-order valence-corrected chi connectivity index (χ3v) is 10.0. The number of hydrogen-bond acceptors (Lipinski definition) is 4. The fourth-order valence-corrected chi connectivity index (χ4v) is 6.79. The lowest BCUT2D eigenvalue weighted by Gasteiger charge is -2.34. The first kappa shape index (κ1) is 34.2. The van der Waals surface area contributed by atoms with Gasteiger partial charge in [-0.15, -0.1) is 0 Å². The molecule has 45 heavy (non-hydrogen) atoms. The minimum atomic E-state index is -4.20. The first-order valence-corrected chi connectivity index (χ1v) is 17.3. The molecule has 0 radical (unpaired) electrons.